The Hall–Kier alpha value is -1.75. The predicted octanol–water partition coefficient (Wildman–Crippen LogP) is 0.820. The van der Waals surface area contributed by atoms with Gasteiger partial charge in [0.1, 0.15) is 5.69 Å². The topological polar surface area (TPSA) is 62.3 Å². The third-order valence-corrected chi connectivity index (χ3v) is 3.30. The molecule has 18 heavy (non-hydrogen) atoms. The summed E-state index contributed by atoms with van der Waals surface area (Å²) in [6, 6.07) is 4.00. The summed E-state index contributed by atoms with van der Waals surface area (Å²) in [6.45, 7) is 1.32. The number of carbonyl (C=O) groups excluding carboxylic acids is 2. The van der Waals surface area contributed by atoms with Crippen molar-refractivity contribution in [1.29, 1.82) is 0 Å². The van der Waals surface area contributed by atoms with Crippen LogP contribution in [0.25, 0.3) is 0 Å². The number of hydrogen-bond acceptors (Lipinski definition) is 4. The fraction of sp³-hybridized carbons (Fsp3) is 0.462. The van der Waals surface area contributed by atoms with Crippen molar-refractivity contribution in [2.45, 2.75) is 25.3 Å². The second kappa shape index (κ2) is 4.49. The number of hydrogen-bond donors (Lipinski definition) is 1. The molecule has 2 amide bonds. The molecule has 94 valence electrons. The Morgan fingerprint density at radius 3 is 2.89 bits per heavy atom. The molecule has 0 unspecified atom stereocenters. The van der Waals surface area contributed by atoms with Gasteiger partial charge in [-0.05, 0) is 37.9 Å². The average Bonchev–Trinajstić information content (AvgIpc) is 3.18. The van der Waals surface area contributed by atoms with Crippen molar-refractivity contribution in [3.63, 3.8) is 0 Å². The molecule has 0 spiro atoms. The van der Waals surface area contributed by atoms with Gasteiger partial charge in [0.15, 0.2) is 0 Å². The summed E-state index contributed by atoms with van der Waals surface area (Å²) in [6.07, 6.45) is 4.83. The fourth-order valence-electron chi connectivity index (χ4n) is 2.15. The van der Waals surface area contributed by atoms with Gasteiger partial charge in [0.05, 0.1) is 5.56 Å². The van der Waals surface area contributed by atoms with Crippen molar-refractivity contribution in [2.24, 2.45) is 0 Å². The maximum atomic E-state index is 12.0. The summed E-state index contributed by atoms with van der Waals surface area (Å²) in [5, 5.41) is 3.37. The molecule has 1 aliphatic carbocycles. The zero-order valence-corrected chi connectivity index (χ0v) is 10.1. The molecule has 0 saturated heterocycles. The second-order valence-electron chi connectivity index (χ2n) is 4.74. The van der Waals surface area contributed by atoms with Gasteiger partial charge in [0.2, 0.25) is 0 Å². The maximum Gasteiger partial charge on any atom is 0.280 e. The molecule has 0 bridgehead atoms. The summed E-state index contributed by atoms with van der Waals surface area (Å²) < 4.78 is 0. The van der Waals surface area contributed by atoms with Crippen LogP contribution >= 0.6 is 0 Å². The van der Waals surface area contributed by atoms with Gasteiger partial charge in [-0.3, -0.25) is 19.5 Å². The van der Waals surface area contributed by atoms with E-state index in [1.807, 2.05) is 0 Å². The van der Waals surface area contributed by atoms with Crippen LogP contribution in [0.2, 0.25) is 0 Å². The van der Waals surface area contributed by atoms with E-state index in [2.05, 4.69) is 10.3 Å². The molecule has 0 aromatic carbocycles. The molecular formula is C13H15N3O2. The molecular weight excluding hydrogens is 230 g/mol. The van der Waals surface area contributed by atoms with Crippen LogP contribution in [0.15, 0.2) is 18.3 Å². The SMILES string of the molecule is O=C1c2cccnc2C(=O)N1CCCNC1CC1. The first kappa shape index (κ1) is 11.3. The standard InChI is InChI=1S/C13H15N3O2/c17-12-10-3-1-6-15-11(10)13(18)16(12)8-2-7-14-9-4-5-9/h1,3,6,9,14H,2,4-5,7-8H2. The molecule has 0 radical (unpaired) electrons. The molecule has 5 nitrogen and oxygen atoms in total. The third kappa shape index (κ3) is 2.01. The third-order valence-electron chi connectivity index (χ3n) is 3.30. The Bertz CT molecular complexity index is 462. The number of aromatic nitrogens is 1. The number of imide groups is 1. The fourth-order valence-corrected chi connectivity index (χ4v) is 2.15. The van der Waals surface area contributed by atoms with E-state index in [9.17, 15) is 9.59 Å². The lowest BCUT2D eigenvalue weighted by Gasteiger charge is -2.13. The van der Waals surface area contributed by atoms with Gasteiger partial charge in [0, 0.05) is 18.8 Å². The number of nitrogens with one attached hydrogen (secondary N) is 1. The van der Waals surface area contributed by atoms with Gasteiger partial charge >= 0.3 is 0 Å². The normalized spacial score (nSPS) is 18.3. The summed E-state index contributed by atoms with van der Waals surface area (Å²) in [5.74, 6) is -0.475. The molecule has 1 aromatic heterocycles. The second-order valence-corrected chi connectivity index (χ2v) is 4.74. The summed E-state index contributed by atoms with van der Waals surface area (Å²) in [5.41, 5.74) is 0.718. The largest absolute Gasteiger partial charge is 0.314 e. The van der Waals surface area contributed by atoms with Gasteiger partial charge < -0.3 is 5.32 Å². The minimum absolute atomic E-state index is 0.213. The molecule has 3 rings (SSSR count). The van der Waals surface area contributed by atoms with Crippen molar-refractivity contribution in [3.8, 4) is 0 Å². The number of carbonyl (C=O) groups is 2. The van der Waals surface area contributed by atoms with E-state index in [0.29, 0.717) is 18.2 Å². The Labute approximate surface area is 105 Å². The molecule has 1 fully saturated rings. The minimum Gasteiger partial charge on any atom is -0.314 e. The van der Waals surface area contributed by atoms with E-state index in [0.717, 1.165) is 13.0 Å². The number of pyridine rings is 1. The van der Waals surface area contributed by atoms with E-state index >= 15 is 0 Å². The van der Waals surface area contributed by atoms with Crippen LogP contribution in [0.1, 0.15) is 40.1 Å². The van der Waals surface area contributed by atoms with E-state index < -0.39 is 0 Å². The molecule has 2 heterocycles. The van der Waals surface area contributed by atoms with Crippen LogP contribution in [0.3, 0.4) is 0 Å². The van der Waals surface area contributed by atoms with Crippen LogP contribution < -0.4 is 5.32 Å². The van der Waals surface area contributed by atoms with Crippen molar-refractivity contribution in [3.05, 3.63) is 29.6 Å². The van der Waals surface area contributed by atoms with Gasteiger partial charge in [-0.15, -0.1) is 0 Å². The highest BCUT2D eigenvalue weighted by Gasteiger charge is 2.36. The number of rotatable bonds is 5. The number of amides is 2. The van der Waals surface area contributed by atoms with Crippen molar-refractivity contribution in [1.82, 2.24) is 15.2 Å². The molecule has 1 saturated carbocycles. The highest BCUT2D eigenvalue weighted by molar-refractivity contribution is 6.20. The van der Waals surface area contributed by atoms with Gasteiger partial charge in [-0.1, -0.05) is 0 Å². The van der Waals surface area contributed by atoms with Gasteiger partial charge in [0.25, 0.3) is 11.8 Å². The highest BCUT2D eigenvalue weighted by atomic mass is 16.2. The molecule has 5 heteroatoms. The van der Waals surface area contributed by atoms with Gasteiger partial charge in [-0.2, -0.15) is 0 Å². The van der Waals surface area contributed by atoms with Crippen LogP contribution in [0.5, 0.6) is 0 Å². The highest BCUT2D eigenvalue weighted by Crippen LogP contribution is 2.21. The molecule has 1 aromatic rings. The van der Waals surface area contributed by atoms with Crippen LogP contribution in [-0.4, -0.2) is 40.8 Å². The number of nitrogens with zero attached hydrogens (tertiary/aromatic N) is 2. The predicted molar refractivity (Wildman–Crippen MR) is 65.2 cm³/mol. The van der Waals surface area contributed by atoms with Crippen LogP contribution in [0.4, 0.5) is 0 Å². The Morgan fingerprint density at radius 2 is 2.17 bits per heavy atom. The molecule has 0 atom stereocenters. The molecule has 1 aliphatic heterocycles. The Morgan fingerprint density at radius 1 is 1.33 bits per heavy atom. The zero-order chi connectivity index (χ0) is 12.5. The first-order valence-electron chi connectivity index (χ1n) is 6.32. The lowest BCUT2D eigenvalue weighted by Crippen LogP contribution is -2.32. The first-order valence-corrected chi connectivity index (χ1v) is 6.32. The van der Waals surface area contributed by atoms with Crippen molar-refractivity contribution >= 4 is 11.8 Å². The summed E-state index contributed by atoms with van der Waals surface area (Å²) >= 11 is 0. The van der Waals surface area contributed by atoms with E-state index in [1.165, 1.54) is 17.7 Å². The lowest BCUT2D eigenvalue weighted by molar-refractivity contribution is 0.0651. The van der Waals surface area contributed by atoms with E-state index in [-0.39, 0.29) is 17.5 Å². The summed E-state index contributed by atoms with van der Waals surface area (Å²) in [7, 11) is 0. The minimum atomic E-state index is -0.262. The first-order chi connectivity index (χ1) is 8.77. The van der Waals surface area contributed by atoms with Crippen LogP contribution in [0, 0.1) is 0 Å². The van der Waals surface area contributed by atoms with Crippen molar-refractivity contribution in [2.75, 3.05) is 13.1 Å². The van der Waals surface area contributed by atoms with Gasteiger partial charge in [-0.25, -0.2) is 0 Å². The monoisotopic (exact) mass is 245 g/mol. The molecule has 2 aliphatic rings. The zero-order valence-electron chi connectivity index (χ0n) is 10.1. The molecule has 1 N–H and O–H groups in total. The number of fused-ring (bicyclic) bond motifs is 1. The maximum absolute atomic E-state index is 12.0. The van der Waals surface area contributed by atoms with Crippen LogP contribution in [-0.2, 0) is 0 Å². The Balaban J connectivity index is 1.60. The van der Waals surface area contributed by atoms with E-state index in [1.54, 1.807) is 18.3 Å². The van der Waals surface area contributed by atoms with Crippen molar-refractivity contribution < 1.29 is 9.59 Å². The lowest BCUT2D eigenvalue weighted by atomic mass is 10.2. The average molecular weight is 245 g/mol. The van der Waals surface area contributed by atoms with E-state index in [4.69, 9.17) is 0 Å². The quantitative estimate of drug-likeness (QED) is 0.616. The smallest absolute Gasteiger partial charge is 0.280 e. The Kier molecular flexibility index (Phi) is 2.83. The summed E-state index contributed by atoms with van der Waals surface area (Å²) in [4.78, 5) is 29.2.